The van der Waals surface area contributed by atoms with Crippen molar-refractivity contribution in [3.05, 3.63) is 0 Å². The van der Waals surface area contributed by atoms with E-state index >= 15 is 0 Å². The van der Waals surface area contributed by atoms with E-state index < -0.39 is 0 Å². The van der Waals surface area contributed by atoms with Gasteiger partial charge in [0.15, 0.2) is 0 Å². The third-order valence-corrected chi connectivity index (χ3v) is 6.97. The van der Waals surface area contributed by atoms with Crippen molar-refractivity contribution in [2.75, 3.05) is 32.8 Å². The molecule has 0 radical (unpaired) electrons. The van der Waals surface area contributed by atoms with Gasteiger partial charge in [-0.3, -0.25) is 9.69 Å². The minimum absolute atomic E-state index is 0.0310. The molecule has 2 saturated heterocycles. The molecule has 1 N–H and O–H groups in total. The maximum Gasteiger partial charge on any atom is 0.225 e. The second kappa shape index (κ2) is 7.10. The predicted molar refractivity (Wildman–Crippen MR) is 92.1 cm³/mol. The van der Waals surface area contributed by atoms with Crippen molar-refractivity contribution in [2.24, 2.45) is 17.3 Å². The first-order valence-electron chi connectivity index (χ1n) is 9.77. The van der Waals surface area contributed by atoms with Gasteiger partial charge in [-0.2, -0.15) is 0 Å². The van der Waals surface area contributed by atoms with E-state index in [1.54, 1.807) is 0 Å². The summed E-state index contributed by atoms with van der Waals surface area (Å²) in [5.74, 6) is 0.946. The molecule has 0 aromatic carbocycles. The number of carbonyl (C=O) groups is 1. The molecule has 2 heterocycles. The van der Waals surface area contributed by atoms with Crippen LogP contribution in [0.2, 0.25) is 0 Å². The number of nitrogens with zero attached hydrogens (tertiary/aromatic N) is 2. The molecule has 1 saturated carbocycles. The van der Waals surface area contributed by atoms with Crippen molar-refractivity contribution in [3.8, 4) is 0 Å². The van der Waals surface area contributed by atoms with Gasteiger partial charge in [-0.15, -0.1) is 0 Å². The summed E-state index contributed by atoms with van der Waals surface area (Å²) in [5.41, 5.74) is -0.0310. The Morgan fingerprint density at radius 3 is 2.52 bits per heavy atom. The van der Waals surface area contributed by atoms with E-state index in [9.17, 15) is 9.90 Å². The summed E-state index contributed by atoms with van der Waals surface area (Å²) in [7, 11) is 0. The average Bonchev–Trinajstić information content (AvgIpc) is 3.23. The van der Waals surface area contributed by atoms with Crippen molar-refractivity contribution in [2.45, 2.75) is 64.8 Å². The van der Waals surface area contributed by atoms with Crippen LogP contribution in [0, 0.1) is 17.3 Å². The molecule has 3 rings (SSSR count). The Labute approximate surface area is 141 Å². The van der Waals surface area contributed by atoms with E-state index in [4.69, 9.17) is 0 Å². The highest BCUT2D eigenvalue weighted by Crippen LogP contribution is 2.44. The monoisotopic (exact) mass is 322 g/mol. The van der Waals surface area contributed by atoms with Crippen LogP contribution in [0.1, 0.15) is 58.8 Å². The maximum absolute atomic E-state index is 12.8. The molecule has 0 unspecified atom stereocenters. The number of carbonyl (C=O) groups excluding carboxylic acids is 1. The quantitative estimate of drug-likeness (QED) is 0.846. The molecule has 0 spiro atoms. The minimum Gasteiger partial charge on any atom is -0.396 e. The van der Waals surface area contributed by atoms with Crippen molar-refractivity contribution in [1.82, 2.24) is 9.80 Å². The topological polar surface area (TPSA) is 43.8 Å². The minimum atomic E-state index is -0.0310. The van der Waals surface area contributed by atoms with Crippen LogP contribution < -0.4 is 0 Å². The van der Waals surface area contributed by atoms with Gasteiger partial charge < -0.3 is 10.0 Å². The van der Waals surface area contributed by atoms with Crippen LogP contribution in [0.15, 0.2) is 0 Å². The number of fused-ring (bicyclic) bond motifs is 1. The first-order chi connectivity index (χ1) is 11.1. The van der Waals surface area contributed by atoms with Gasteiger partial charge in [0.2, 0.25) is 5.91 Å². The number of aliphatic hydroxyl groups excluding tert-OH is 1. The summed E-state index contributed by atoms with van der Waals surface area (Å²) in [4.78, 5) is 17.5. The molecule has 3 aliphatic rings. The largest absolute Gasteiger partial charge is 0.396 e. The van der Waals surface area contributed by atoms with E-state index in [-0.39, 0.29) is 17.9 Å². The highest BCUT2D eigenvalue weighted by molar-refractivity contribution is 5.79. The summed E-state index contributed by atoms with van der Waals surface area (Å²) >= 11 is 0. The number of rotatable bonds is 5. The Hall–Kier alpha value is -0.610. The van der Waals surface area contributed by atoms with Crippen molar-refractivity contribution >= 4 is 5.91 Å². The lowest BCUT2D eigenvalue weighted by Gasteiger charge is -2.44. The lowest BCUT2D eigenvalue weighted by molar-refractivity contribution is -0.135. The Kier molecular flexibility index (Phi) is 5.32. The Morgan fingerprint density at radius 2 is 1.91 bits per heavy atom. The van der Waals surface area contributed by atoms with Crippen LogP contribution in [0.4, 0.5) is 0 Å². The summed E-state index contributed by atoms with van der Waals surface area (Å²) in [6, 6.07) is 0.760. The number of likely N-dealkylation sites (tertiary alicyclic amines) is 2. The molecule has 132 valence electrons. The summed E-state index contributed by atoms with van der Waals surface area (Å²) < 4.78 is 0. The normalized spacial score (nSPS) is 32.7. The fourth-order valence-corrected chi connectivity index (χ4v) is 5.23. The van der Waals surface area contributed by atoms with E-state index in [1.165, 1.54) is 25.7 Å². The van der Waals surface area contributed by atoms with Crippen LogP contribution in [-0.4, -0.2) is 59.6 Å². The fourth-order valence-electron chi connectivity index (χ4n) is 5.23. The van der Waals surface area contributed by atoms with Gasteiger partial charge >= 0.3 is 0 Å². The highest BCUT2D eigenvalue weighted by atomic mass is 16.3. The molecular weight excluding hydrogens is 288 g/mol. The lowest BCUT2D eigenvalue weighted by Crippen LogP contribution is -2.51. The van der Waals surface area contributed by atoms with Crippen LogP contribution in [-0.2, 0) is 4.79 Å². The van der Waals surface area contributed by atoms with Gasteiger partial charge in [-0.1, -0.05) is 26.7 Å². The predicted octanol–water partition coefficient (Wildman–Crippen LogP) is 2.51. The van der Waals surface area contributed by atoms with E-state index in [0.29, 0.717) is 11.8 Å². The van der Waals surface area contributed by atoms with Gasteiger partial charge in [-0.25, -0.2) is 0 Å². The lowest BCUT2D eigenvalue weighted by atomic mass is 9.73. The summed E-state index contributed by atoms with van der Waals surface area (Å²) in [6.45, 7) is 8.29. The van der Waals surface area contributed by atoms with Gasteiger partial charge in [0.05, 0.1) is 6.61 Å². The molecule has 1 aliphatic carbocycles. The molecule has 0 aromatic heterocycles. The average molecular weight is 322 g/mol. The van der Waals surface area contributed by atoms with Crippen LogP contribution in [0.25, 0.3) is 0 Å². The van der Waals surface area contributed by atoms with Crippen LogP contribution >= 0.6 is 0 Å². The van der Waals surface area contributed by atoms with E-state index in [0.717, 1.165) is 51.5 Å². The fraction of sp³-hybridized carbons (Fsp3) is 0.947. The van der Waals surface area contributed by atoms with Gasteiger partial charge in [0.25, 0.3) is 0 Å². The van der Waals surface area contributed by atoms with E-state index in [2.05, 4.69) is 23.6 Å². The maximum atomic E-state index is 12.8. The Balaban J connectivity index is 1.68. The number of hydrogen-bond acceptors (Lipinski definition) is 3. The zero-order valence-electron chi connectivity index (χ0n) is 15.0. The standard InChI is InChI=1S/C19H34N2O2/c1-3-15(4-2)18(23)21-12-16-11-20(17-7-5-6-8-17)10-9-19(16,13-21)14-22/h15-17,22H,3-14H2,1-2H3/t16-,19+/m0/s1. The SMILES string of the molecule is CCC(CC)C(=O)N1C[C@@H]2CN(C3CCCC3)CC[C@]2(CO)C1. The summed E-state index contributed by atoms with van der Waals surface area (Å²) in [5, 5.41) is 10.1. The highest BCUT2D eigenvalue weighted by Gasteiger charge is 2.51. The Bertz CT molecular complexity index is 418. The number of amides is 1. The molecule has 4 heteroatoms. The molecule has 0 bridgehead atoms. The number of hydrogen-bond donors (Lipinski definition) is 1. The molecule has 1 amide bonds. The molecule has 2 atom stereocenters. The summed E-state index contributed by atoms with van der Waals surface area (Å²) in [6.07, 6.45) is 8.34. The number of piperidine rings is 1. The van der Waals surface area contributed by atoms with Crippen molar-refractivity contribution in [3.63, 3.8) is 0 Å². The van der Waals surface area contributed by atoms with Gasteiger partial charge in [-0.05, 0) is 44.6 Å². The second-order valence-electron chi connectivity index (χ2n) is 8.13. The van der Waals surface area contributed by atoms with Gasteiger partial charge in [0, 0.05) is 37.0 Å². The second-order valence-corrected chi connectivity index (χ2v) is 8.13. The first kappa shape index (κ1) is 17.2. The van der Waals surface area contributed by atoms with Crippen LogP contribution in [0.3, 0.4) is 0 Å². The third-order valence-electron chi connectivity index (χ3n) is 6.97. The van der Waals surface area contributed by atoms with Gasteiger partial charge in [0.1, 0.15) is 0 Å². The molecule has 0 aromatic rings. The molecule has 4 nitrogen and oxygen atoms in total. The van der Waals surface area contributed by atoms with Crippen molar-refractivity contribution < 1.29 is 9.90 Å². The molecular formula is C19H34N2O2. The molecule has 2 aliphatic heterocycles. The zero-order valence-corrected chi connectivity index (χ0v) is 15.0. The third kappa shape index (κ3) is 3.17. The Morgan fingerprint density at radius 1 is 1.22 bits per heavy atom. The first-order valence-corrected chi connectivity index (χ1v) is 9.77. The van der Waals surface area contributed by atoms with Crippen LogP contribution in [0.5, 0.6) is 0 Å². The molecule has 23 heavy (non-hydrogen) atoms. The van der Waals surface area contributed by atoms with Crippen molar-refractivity contribution in [1.29, 1.82) is 0 Å². The number of aliphatic hydroxyl groups is 1. The molecule has 3 fully saturated rings. The smallest absolute Gasteiger partial charge is 0.225 e. The zero-order chi connectivity index (χ0) is 16.4. The van der Waals surface area contributed by atoms with E-state index in [1.807, 2.05) is 0 Å².